The first-order valence-corrected chi connectivity index (χ1v) is 8.23. The number of ketones is 1. The van der Waals surface area contributed by atoms with Crippen LogP contribution in [-0.2, 0) is 0 Å². The van der Waals surface area contributed by atoms with E-state index in [1.807, 2.05) is 32.8 Å². The van der Waals surface area contributed by atoms with E-state index in [1.165, 1.54) is 0 Å². The second-order valence-corrected chi connectivity index (χ2v) is 6.15. The quantitative estimate of drug-likeness (QED) is 0.815. The highest BCUT2D eigenvalue weighted by Crippen LogP contribution is 2.28. The van der Waals surface area contributed by atoms with Crippen molar-refractivity contribution in [3.63, 3.8) is 0 Å². The number of hydrogen-bond acceptors (Lipinski definition) is 4. The van der Waals surface area contributed by atoms with Gasteiger partial charge < -0.3 is 14.5 Å². The number of Topliss-reactive ketones (excluding diaryl/α,β-unsaturated/α-hetero) is 1. The molecule has 0 fully saturated rings. The number of carbonyl (C=O) groups is 2. The van der Waals surface area contributed by atoms with Crippen LogP contribution in [-0.4, -0.2) is 61.8 Å². The van der Waals surface area contributed by atoms with Crippen molar-refractivity contribution in [3.05, 3.63) is 29.3 Å². The maximum absolute atomic E-state index is 12.8. The zero-order chi connectivity index (χ0) is 17.0. The third-order valence-electron chi connectivity index (χ3n) is 4.22. The molecule has 1 aliphatic heterocycles. The van der Waals surface area contributed by atoms with E-state index in [-0.39, 0.29) is 30.0 Å². The number of nitrogens with zero attached hydrogens (tertiary/aromatic N) is 2. The summed E-state index contributed by atoms with van der Waals surface area (Å²) in [7, 11) is 3.92. The van der Waals surface area contributed by atoms with E-state index in [1.54, 1.807) is 23.1 Å². The molecule has 0 N–H and O–H groups in total. The van der Waals surface area contributed by atoms with Gasteiger partial charge >= 0.3 is 0 Å². The second-order valence-electron chi connectivity index (χ2n) is 6.15. The topological polar surface area (TPSA) is 49.9 Å². The molecule has 1 amide bonds. The summed E-state index contributed by atoms with van der Waals surface area (Å²) in [5, 5.41) is 0. The van der Waals surface area contributed by atoms with Crippen molar-refractivity contribution in [3.8, 4) is 5.75 Å². The van der Waals surface area contributed by atoms with Gasteiger partial charge in [0.1, 0.15) is 5.75 Å². The molecule has 1 aromatic rings. The van der Waals surface area contributed by atoms with Crippen molar-refractivity contribution in [2.75, 3.05) is 40.3 Å². The van der Waals surface area contributed by atoms with E-state index in [0.717, 1.165) is 0 Å². The molecular weight excluding hydrogens is 328 g/mol. The largest absolute Gasteiger partial charge is 0.493 e. The molecule has 2 rings (SSSR count). The van der Waals surface area contributed by atoms with E-state index in [4.69, 9.17) is 4.74 Å². The van der Waals surface area contributed by atoms with Crippen LogP contribution in [0.2, 0.25) is 0 Å². The normalized spacial score (nSPS) is 16.7. The fourth-order valence-electron chi connectivity index (χ4n) is 2.95. The first kappa shape index (κ1) is 20.5. The van der Waals surface area contributed by atoms with E-state index >= 15 is 0 Å². The molecule has 1 atom stereocenters. The molecular formula is C18H27ClN2O3. The standard InChI is InChI=1S/C18H26N2O3.ClH/c1-5-20(6-2)18(22)13-7-8-16-15(11-13)17(21)14(9-10-23-16)12-19(3)4;/h7-8,11,14H,5-6,9-10,12H2,1-4H3;1H. The molecule has 1 heterocycles. The Morgan fingerprint density at radius 2 is 1.92 bits per heavy atom. The number of hydrogen-bond donors (Lipinski definition) is 0. The molecule has 1 unspecified atom stereocenters. The Bertz CT molecular complexity index is 586. The minimum Gasteiger partial charge on any atom is -0.493 e. The molecule has 0 bridgehead atoms. The zero-order valence-electron chi connectivity index (χ0n) is 14.9. The Morgan fingerprint density at radius 1 is 1.25 bits per heavy atom. The van der Waals surface area contributed by atoms with Crippen molar-refractivity contribution in [1.82, 2.24) is 9.80 Å². The van der Waals surface area contributed by atoms with Crippen molar-refractivity contribution in [2.45, 2.75) is 20.3 Å². The third-order valence-corrected chi connectivity index (χ3v) is 4.22. The number of fused-ring (bicyclic) bond motifs is 1. The van der Waals surface area contributed by atoms with E-state index < -0.39 is 0 Å². The van der Waals surface area contributed by atoms with Gasteiger partial charge in [0, 0.05) is 31.1 Å². The van der Waals surface area contributed by atoms with Gasteiger partial charge in [-0.05, 0) is 52.6 Å². The Hall–Kier alpha value is -1.59. The summed E-state index contributed by atoms with van der Waals surface area (Å²) < 4.78 is 5.71. The lowest BCUT2D eigenvalue weighted by Crippen LogP contribution is -2.31. The smallest absolute Gasteiger partial charge is 0.253 e. The number of benzene rings is 1. The number of ether oxygens (including phenoxy) is 1. The maximum atomic E-state index is 12.8. The van der Waals surface area contributed by atoms with Gasteiger partial charge in [0.2, 0.25) is 0 Å². The lowest BCUT2D eigenvalue weighted by Gasteiger charge is -2.20. The second kappa shape index (κ2) is 9.04. The molecule has 1 aromatic carbocycles. The fourth-order valence-corrected chi connectivity index (χ4v) is 2.95. The highest BCUT2D eigenvalue weighted by Gasteiger charge is 2.28. The minimum absolute atomic E-state index is 0. The average Bonchev–Trinajstić information content (AvgIpc) is 2.68. The van der Waals surface area contributed by atoms with Gasteiger partial charge in [0.05, 0.1) is 12.2 Å². The molecule has 0 spiro atoms. The van der Waals surface area contributed by atoms with Crippen LogP contribution in [0.1, 0.15) is 41.0 Å². The van der Waals surface area contributed by atoms with Crippen LogP contribution in [0.15, 0.2) is 18.2 Å². The summed E-state index contributed by atoms with van der Waals surface area (Å²) in [5.41, 5.74) is 1.09. The molecule has 6 heteroatoms. The molecule has 0 aliphatic carbocycles. The van der Waals surface area contributed by atoms with Crippen molar-refractivity contribution in [2.24, 2.45) is 5.92 Å². The minimum atomic E-state index is -0.0925. The third kappa shape index (κ3) is 4.48. The van der Waals surface area contributed by atoms with Crippen LogP contribution >= 0.6 is 12.4 Å². The average molecular weight is 355 g/mol. The number of rotatable bonds is 5. The van der Waals surface area contributed by atoms with Crippen LogP contribution in [0.4, 0.5) is 0 Å². The molecule has 0 radical (unpaired) electrons. The molecule has 0 aromatic heterocycles. The first-order valence-electron chi connectivity index (χ1n) is 8.23. The van der Waals surface area contributed by atoms with Gasteiger partial charge in [-0.15, -0.1) is 12.4 Å². The van der Waals surface area contributed by atoms with Gasteiger partial charge in [0.15, 0.2) is 5.78 Å². The monoisotopic (exact) mass is 354 g/mol. The molecule has 24 heavy (non-hydrogen) atoms. The van der Waals surface area contributed by atoms with Gasteiger partial charge in [-0.2, -0.15) is 0 Å². The van der Waals surface area contributed by atoms with Gasteiger partial charge in [-0.1, -0.05) is 0 Å². The predicted octanol–water partition coefficient (Wildman–Crippen LogP) is 2.73. The summed E-state index contributed by atoms with van der Waals surface area (Å²) in [6, 6.07) is 5.20. The number of amides is 1. The number of halogens is 1. The van der Waals surface area contributed by atoms with Crippen LogP contribution in [0.25, 0.3) is 0 Å². The SMILES string of the molecule is CCN(CC)C(=O)c1ccc2c(c1)C(=O)C(CN(C)C)CCO2.Cl. The van der Waals surface area contributed by atoms with Crippen molar-refractivity contribution < 1.29 is 14.3 Å². The lowest BCUT2D eigenvalue weighted by atomic mass is 9.93. The van der Waals surface area contributed by atoms with Crippen LogP contribution in [0.5, 0.6) is 5.75 Å². The number of carbonyl (C=O) groups excluding carboxylic acids is 2. The predicted molar refractivity (Wildman–Crippen MR) is 97.4 cm³/mol. The molecule has 1 aliphatic rings. The fraction of sp³-hybridized carbons (Fsp3) is 0.556. The Labute approximate surface area is 150 Å². The first-order chi connectivity index (χ1) is 11.0. The van der Waals surface area contributed by atoms with Gasteiger partial charge in [-0.3, -0.25) is 9.59 Å². The van der Waals surface area contributed by atoms with Crippen LogP contribution in [0.3, 0.4) is 0 Å². The van der Waals surface area contributed by atoms with Crippen LogP contribution < -0.4 is 4.74 Å². The maximum Gasteiger partial charge on any atom is 0.253 e. The van der Waals surface area contributed by atoms with Crippen molar-refractivity contribution in [1.29, 1.82) is 0 Å². The van der Waals surface area contributed by atoms with E-state index in [0.29, 0.717) is 49.5 Å². The van der Waals surface area contributed by atoms with Gasteiger partial charge in [-0.25, -0.2) is 0 Å². The zero-order valence-corrected chi connectivity index (χ0v) is 15.7. The Kier molecular flexibility index (Phi) is 7.70. The van der Waals surface area contributed by atoms with E-state index in [9.17, 15) is 9.59 Å². The van der Waals surface area contributed by atoms with Gasteiger partial charge in [0.25, 0.3) is 5.91 Å². The Balaban J connectivity index is 0.00000288. The summed E-state index contributed by atoms with van der Waals surface area (Å²) in [6.07, 6.45) is 0.699. The lowest BCUT2D eigenvalue weighted by molar-refractivity contribution is 0.0773. The highest BCUT2D eigenvalue weighted by molar-refractivity contribution is 6.04. The van der Waals surface area contributed by atoms with E-state index in [2.05, 4.69) is 0 Å². The molecule has 5 nitrogen and oxygen atoms in total. The summed E-state index contributed by atoms with van der Waals surface area (Å²) in [4.78, 5) is 29.1. The highest BCUT2D eigenvalue weighted by atomic mass is 35.5. The summed E-state index contributed by atoms with van der Waals surface area (Å²) >= 11 is 0. The van der Waals surface area contributed by atoms with Crippen molar-refractivity contribution >= 4 is 24.1 Å². The molecule has 134 valence electrons. The molecule has 0 saturated heterocycles. The summed E-state index contributed by atoms with van der Waals surface area (Å²) in [6.45, 7) is 6.43. The summed E-state index contributed by atoms with van der Waals surface area (Å²) in [5.74, 6) is 0.525. The molecule has 0 saturated carbocycles. The van der Waals surface area contributed by atoms with Crippen LogP contribution in [0, 0.1) is 5.92 Å². The Morgan fingerprint density at radius 3 is 2.50 bits per heavy atom.